The zero-order valence-electron chi connectivity index (χ0n) is 9.01. The maximum atomic E-state index is 10.9. The predicted octanol–water partition coefficient (Wildman–Crippen LogP) is 2.74. The Morgan fingerprint density at radius 1 is 1.44 bits per heavy atom. The van der Waals surface area contributed by atoms with E-state index in [2.05, 4.69) is 4.98 Å². The molecule has 4 heteroatoms. The molecule has 0 N–H and O–H groups in total. The van der Waals surface area contributed by atoms with Crippen LogP contribution in [0, 0.1) is 4.64 Å². The molecule has 0 spiro atoms. The zero-order chi connectivity index (χ0) is 11.5. The van der Waals surface area contributed by atoms with Crippen molar-refractivity contribution in [1.82, 2.24) is 9.55 Å². The van der Waals surface area contributed by atoms with Crippen LogP contribution < -0.4 is 0 Å². The summed E-state index contributed by atoms with van der Waals surface area (Å²) in [6, 6.07) is 7.76. The van der Waals surface area contributed by atoms with Crippen molar-refractivity contribution >= 4 is 28.9 Å². The molecule has 0 saturated heterocycles. The van der Waals surface area contributed by atoms with E-state index in [1.54, 1.807) is 13.3 Å². The Labute approximate surface area is 98.7 Å². The molecule has 0 aliphatic carbocycles. The van der Waals surface area contributed by atoms with Crippen molar-refractivity contribution < 1.29 is 4.79 Å². The maximum absolute atomic E-state index is 10.9. The van der Waals surface area contributed by atoms with E-state index < -0.39 is 0 Å². The van der Waals surface area contributed by atoms with Crippen LogP contribution in [0.25, 0.3) is 10.9 Å². The summed E-state index contributed by atoms with van der Waals surface area (Å²) in [5.41, 5.74) is 0.895. The van der Waals surface area contributed by atoms with E-state index in [0.29, 0.717) is 13.0 Å². The van der Waals surface area contributed by atoms with E-state index in [9.17, 15) is 4.79 Å². The Kier molecular flexibility index (Phi) is 3.10. The average Bonchev–Trinajstić information content (AvgIpc) is 2.28. The van der Waals surface area contributed by atoms with Gasteiger partial charge in [-0.15, -0.1) is 0 Å². The standard InChI is InChI=1S/C12H12N2OS/c1-9(15)6-7-14-8-13-11-5-3-2-4-10(11)12(14)16/h2-5,8H,6-7H2,1H3. The average molecular weight is 232 g/mol. The summed E-state index contributed by atoms with van der Waals surface area (Å²) < 4.78 is 2.59. The number of hydrogen-bond donors (Lipinski definition) is 0. The number of rotatable bonds is 3. The highest BCUT2D eigenvalue weighted by molar-refractivity contribution is 7.71. The molecule has 0 saturated carbocycles. The third kappa shape index (κ3) is 2.17. The van der Waals surface area contributed by atoms with E-state index in [4.69, 9.17) is 12.2 Å². The molecule has 1 aromatic heterocycles. The van der Waals surface area contributed by atoms with Crippen LogP contribution in [0.4, 0.5) is 0 Å². The first kappa shape index (κ1) is 11.0. The van der Waals surface area contributed by atoms with Gasteiger partial charge in [-0.2, -0.15) is 0 Å². The Balaban J connectivity index is 2.45. The lowest BCUT2D eigenvalue weighted by Gasteiger charge is -2.06. The van der Waals surface area contributed by atoms with Crippen molar-refractivity contribution in [3.63, 3.8) is 0 Å². The number of hydrogen-bond acceptors (Lipinski definition) is 3. The smallest absolute Gasteiger partial charge is 0.131 e. The first-order valence-corrected chi connectivity index (χ1v) is 5.53. The van der Waals surface area contributed by atoms with Gasteiger partial charge in [-0.1, -0.05) is 24.4 Å². The van der Waals surface area contributed by atoms with Crippen LogP contribution in [0.1, 0.15) is 13.3 Å². The molecule has 0 amide bonds. The number of carbonyl (C=O) groups excluding carboxylic acids is 1. The second-order valence-electron chi connectivity index (χ2n) is 3.71. The van der Waals surface area contributed by atoms with Crippen molar-refractivity contribution in [2.24, 2.45) is 0 Å². The summed E-state index contributed by atoms with van der Waals surface area (Å²) in [4.78, 5) is 15.2. The lowest BCUT2D eigenvalue weighted by atomic mass is 10.2. The number of aryl methyl sites for hydroxylation is 1. The Morgan fingerprint density at radius 2 is 2.19 bits per heavy atom. The number of carbonyl (C=O) groups is 1. The first-order chi connectivity index (χ1) is 7.68. The molecule has 0 aliphatic heterocycles. The summed E-state index contributed by atoms with van der Waals surface area (Å²) in [6.45, 7) is 2.18. The fourth-order valence-corrected chi connectivity index (χ4v) is 1.85. The fourth-order valence-electron chi connectivity index (χ4n) is 1.54. The van der Waals surface area contributed by atoms with Crippen LogP contribution in [0.5, 0.6) is 0 Å². The van der Waals surface area contributed by atoms with Gasteiger partial charge in [-0.3, -0.25) is 4.79 Å². The van der Waals surface area contributed by atoms with Crippen LogP contribution >= 0.6 is 12.2 Å². The number of nitrogens with zero attached hydrogens (tertiary/aromatic N) is 2. The summed E-state index contributed by atoms with van der Waals surface area (Å²) in [7, 11) is 0. The lowest BCUT2D eigenvalue weighted by Crippen LogP contribution is -2.05. The molecule has 82 valence electrons. The summed E-state index contributed by atoms with van der Waals surface area (Å²) in [6.07, 6.45) is 2.20. The van der Waals surface area contributed by atoms with Gasteiger partial charge < -0.3 is 4.57 Å². The van der Waals surface area contributed by atoms with Gasteiger partial charge in [0.1, 0.15) is 10.4 Å². The molecular weight excluding hydrogens is 220 g/mol. The first-order valence-electron chi connectivity index (χ1n) is 5.12. The summed E-state index contributed by atoms with van der Waals surface area (Å²) in [5, 5.41) is 0.962. The van der Waals surface area contributed by atoms with Crippen molar-refractivity contribution in [1.29, 1.82) is 0 Å². The van der Waals surface area contributed by atoms with Gasteiger partial charge in [-0.25, -0.2) is 4.98 Å². The second kappa shape index (κ2) is 4.53. The normalized spacial score (nSPS) is 10.6. The highest BCUT2D eigenvalue weighted by atomic mass is 32.1. The van der Waals surface area contributed by atoms with Gasteiger partial charge in [0.15, 0.2) is 0 Å². The van der Waals surface area contributed by atoms with E-state index in [0.717, 1.165) is 15.5 Å². The van der Waals surface area contributed by atoms with Gasteiger partial charge in [-0.05, 0) is 19.1 Å². The van der Waals surface area contributed by atoms with Gasteiger partial charge >= 0.3 is 0 Å². The molecule has 16 heavy (non-hydrogen) atoms. The van der Waals surface area contributed by atoms with Crippen LogP contribution in [0.3, 0.4) is 0 Å². The molecule has 0 aliphatic rings. The molecule has 0 bridgehead atoms. The third-order valence-corrected chi connectivity index (χ3v) is 2.89. The van der Waals surface area contributed by atoms with Gasteiger partial charge in [0.25, 0.3) is 0 Å². The number of Topliss-reactive ketones (excluding diaryl/α,β-unsaturated/α-hetero) is 1. The quantitative estimate of drug-likeness (QED) is 0.763. The monoisotopic (exact) mass is 232 g/mol. The number of benzene rings is 1. The molecule has 1 heterocycles. The van der Waals surface area contributed by atoms with Crippen LogP contribution in [0.15, 0.2) is 30.6 Å². The molecule has 0 fully saturated rings. The van der Waals surface area contributed by atoms with E-state index in [1.807, 2.05) is 28.8 Å². The third-order valence-electron chi connectivity index (χ3n) is 2.44. The number of aromatic nitrogens is 2. The predicted molar refractivity (Wildman–Crippen MR) is 65.9 cm³/mol. The van der Waals surface area contributed by atoms with Crippen LogP contribution in [0.2, 0.25) is 0 Å². The Morgan fingerprint density at radius 3 is 2.94 bits per heavy atom. The Hall–Kier alpha value is -1.55. The van der Waals surface area contributed by atoms with Crippen molar-refractivity contribution in [2.45, 2.75) is 19.9 Å². The number of para-hydroxylation sites is 1. The van der Waals surface area contributed by atoms with Gasteiger partial charge in [0, 0.05) is 18.4 Å². The number of ketones is 1. The molecule has 0 unspecified atom stereocenters. The fraction of sp³-hybridized carbons (Fsp3) is 0.250. The van der Waals surface area contributed by atoms with Crippen molar-refractivity contribution in [3.8, 4) is 0 Å². The minimum Gasteiger partial charge on any atom is -0.322 e. The zero-order valence-corrected chi connectivity index (χ0v) is 9.83. The van der Waals surface area contributed by atoms with Crippen molar-refractivity contribution in [3.05, 3.63) is 35.2 Å². The largest absolute Gasteiger partial charge is 0.322 e. The molecule has 0 atom stereocenters. The van der Waals surface area contributed by atoms with Crippen LogP contribution in [-0.4, -0.2) is 15.3 Å². The molecular formula is C12H12N2OS. The molecule has 2 aromatic rings. The Bertz CT molecular complexity index is 589. The highest BCUT2D eigenvalue weighted by Gasteiger charge is 2.01. The topological polar surface area (TPSA) is 34.9 Å². The van der Waals surface area contributed by atoms with Crippen LogP contribution in [-0.2, 0) is 11.3 Å². The second-order valence-corrected chi connectivity index (χ2v) is 4.10. The van der Waals surface area contributed by atoms with Gasteiger partial charge in [0.05, 0.1) is 11.8 Å². The molecule has 0 radical (unpaired) electrons. The lowest BCUT2D eigenvalue weighted by molar-refractivity contribution is -0.117. The molecule has 1 aromatic carbocycles. The SMILES string of the molecule is CC(=O)CCn1cnc2ccccc2c1=S. The van der Waals surface area contributed by atoms with Crippen molar-refractivity contribution in [2.75, 3.05) is 0 Å². The molecule has 2 rings (SSSR count). The van der Waals surface area contributed by atoms with Gasteiger partial charge in [0.2, 0.25) is 0 Å². The highest BCUT2D eigenvalue weighted by Crippen LogP contribution is 2.12. The number of fused-ring (bicyclic) bond motifs is 1. The molecule has 3 nitrogen and oxygen atoms in total. The summed E-state index contributed by atoms with van der Waals surface area (Å²) in [5.74, 6) is 0.162. The minimum absolute atomic E-state index is 0.162. The van der Waals surface area contributed by atoms with E-state index >= 15 is 0 Å². The van der Waals surface area contributed by atoms with E-state index in [1.165, 1.54) is 0 Å². The van der Waals surface area contributed by atoms with E-state index in [-0.39, 0.29) is 5.78 Å². The summed E-state index contributed by atoms with van der Waals surface area (Å²) >= 11 is 5.36. The minimum atomic E-state index is 0.162. The maximum Gasteiger partial charge on any atom is 0.131 e.